The Morgan fingerprint density at radius 2 is 2.04 bits per heavy atom. The van der Waals surface area contributed by atoms with Crippen molar-refractivity contribution in [3.8, 4) is 0 Å². The van der Waals surface area contributed by atoms with Crippen molar-refractivity contribution >= 4 is 29.9 Å². The summed E-state index contributed by atoms with van der Waals surface area (Å²) in [4.78, 5) is 7.19. The monoisotopic (exact) mass is 473 g/mol. The van der Waals surface area contributed by atoms with E-state index in [1.807, 2.05) is 0 Å². The minimum absolute atomic E-state index is 0. The van der Waals surface area contributed by atoms with Crippen molar-refractivity contribution in [1.82, 2.24) is 10.2 Å². The van der Waals surface area contributed by atoms with Crippen LogP contribution in [0.5, 0.6) is 0 Å². The van der Waals surface area contributed by atoms with Gasteiger partial charge in [0.2, 0.25) is 0 Å². The van der Waals surface area contributed by atoms with Crippen LogP contribution in [0.2, 0.25) is 0 Å². The van der Waals surface area contributed by atoms with Crippen molar-refractivity contribution in [3.05, 3.63) is 35.4 Å². The third kappa shape index (κ3) is 6.39. The van der Waals surface area contributed by atoms with Crippen molar-refractivity contribution in [2.45, 2.75) is 45.3 Å². The van der Waals surface area contributed by atoms with Crippen molar-refractivity contribution in [3.63, 3.8) is 0 Å². The normalized spacial score (nSPS) is 18.2. The lowest BCUT2D eigenvalue weighted by Crippen LogP contribution is -2.44. The molecule has 6 heteroatoms. The number of hydrogen-bond donors (Lipinski definition) is 1. The summed E-state index contributed by atoms with van der Waals surface area (Å²) in [5.41, 5.74) is 2.89. The average Bonchev–Trinajstić information content (AvgIpc) is 2.67. The molecule has 26 heavy (non-hydrogen) atoms. The van der Waals surface area contributed by atoms with Crippen LogP contribution in [0, 0.1) is 0 Å². The summed E-state index contributed by atoms with van der Waals surface area (Å²) in [5, 5.41) is 3.44. The van der Waals surface area contributed by atoms with E-state index in [4.69, 9.17) is 14.5 Å². The van der Waals surface area contributed by atoms with Crippen molar-refractivity contribution < 1.29 is 9.47 Å². The van der Waals surface area contributed by atoms with Crippen LogP contribution >= 0.6 is 24.0 Å². The largest absolute Gasteiger partial charge is 0.381 e. The summed E-state index contributed by atoms with van der Waals surface area (Å²) in [5.74, 6) is 1.03. The number of halogens is 1. The van der Waals surface area contributed by atoms with Gasteiger partial charge in [-0.1, -0.05) is 24.3 Å². The molecule has 1 saturated heterocycles. The van der Waals surface area contributed by atoms with E-state index in [1.165, 1.54) is 11.1 Å². The summed E-state index contributed by atoms with van der Waals surface area (Å²) >= 11 is 0. The Bertz CT molecular complexity index is 562. The third-order valence-electron chi connectivity index (χ3n) is 4.85. The van der Waals surface area contributed by atoms with E-state index in [-0.39, 0.29) is 24.0 Å². The summed E-state index contributed by atoms with van der Waals surface area (Å²) in [6, 6.07) is 8.73. The average molecular weight is 473 g/mol. The first kappa shape index (κ1) is 21.4. The molecule has 1 N–H and O–H groups in total. The van der Waals surface area contributed by atoms with Crippen LogP contribution < -0.4 is 5.32 Å². The lowest BCUT2D eigenvalue weighted by atomic mass is 10.0. The molecule has 0 bridgehead atoms. The van der Waals surface area contributed by atoms with Crippen LogP contribution in [0.15, 0.2) is 29.3 Å². The number of hydrogen-bond acceptors (Lipinski definition) is 3. The number of nitrogens with one attached hydrogen (secondary N) is 1. The third-order valence-corrected chi connectivity index (χ3v) is 4.85. The maximum absolute atomic E-state index is 5.93. The first-order valence-corrected chi connectivity index (χ1v) is 9.66. The zero-order chi connectivity index (χ0) is 17.3. The number of fused-ring (bicyclic) bond motifs is 1. The summed E-state index contributed by atoms with van der Waals surface area (Å²) in [6.07, 6.45) is 4.49. The molecular formula is C20H32IN3O2. The first-order valence-electron chi connectivity index (χ1n) is 9.66. The second kappa shape index (κ2) is 11.8. The van der Waals surface area contributed by atoms with Crippen LogP contribution in [0.4, 0.5) is 0 Å². The van der Waals surface area contributed by atoms with Crippen molar-refractivity contribution in [2.24, 2.45) is 4.99 Å². The van der Waals surface area contributed by atoms with E-state index in [0.29, 0.717) is 6.10 Å². The molecule has 0 aromatic heterocycles. The molecule has 2 aliphatic rings. The number of benzene rings is 1. The van der Waals surface area contributed by atoms with Gasteiger partial charge >= 0.3 is 0 Å². The molecule has 0 unspecified atom stereocenters. The second-order valence-corrected chi connectivity index (χ2v) is 6.71. The lowest BCUT2D eigenvalue weighted by Gasteiger charge is -2.31. The van der Waals surface area contributed by atoms with E-state index in [9.17, 15) is 0 Å². The summed E-state index contributed by atoms with van der Waals surface area (Å²) < 4.78 is 11.3. The smallest absolute Gasteiger partial charge is 0.194 e. The Kier molecular flexibility index (Phi) is 9.71. The van der Waals surface area contributed by atoms with Crippen molar-refractivity contribution in [1.29, 1.82) is 0 Å². The number of nitrogens with zero attached hydrogens (tertiary/aromatic N) is 2. The van der Waals surface area contributed by atoms with Gasteiger partial charge in [-0.15, -0.1) is 24.0 Å². The molecule has 0 amide bonds. The highest BCUT2D eigenvalue weighted by Crippen LogP contribution is 2.18. The van der Waals surface area contributed by atoms with E-state index in [1.54, 1.807) is 0 Å². The maximum Gasteiger partial charge on any atom is 0.194 e. The van der Waals surface area contributed by atoms with Crippen LogP contribution in [0.1, 0.15) is 37.3 Å². The van der Waals surface area contributed by atoms with Gasteiger partial charge in [0, 0.05) is 46.0 Å². The number of guanidine groups is 1. The summed E-state index contributed by atoms with van der Waals surface area (Å²) in [6.45, 7) is 8.27. The van der Waals surface area contributed by atoms with Gasteiger partial charge in [0.15, 0.2) is 5.96 Å². The number of rotatable bonds is 6. The predicted molar refractivity (Wildman–Crippen MR) is 116 cm³/mol. The second-order valence-electron chi connectivity index (χ2n) is 6.71. The van der Waals surface area contributed by atoms with Gasteiger partial charge in [-0.3, -0.25) is 4.99 Å². The fourth-order valence-electron chi connectivity index (χ4n) is 3.44. The van der Waals surface area contributed by atoms with Crippen molar-refractivity contribution in [2.75, 3.05) is 39.5 Å². The van der Waals surface area contributed by atoms with Gasteiger partial charge in [-0.2, -0.15) is 0 Å². The quantitative estimate of drug-likeness (QED) is 0.299. The Hall–Kier alpha value is -0.860. The van der Waals surface area contributed by atoms with Gasteiger partial charge < -0.3 is 19.7 Å². The lowest BCUT2D eigenvalue weighted by molar-refractivity contribution is -0.0318. The Balaban J connectivity index is 0.00000243. The molecule has 1 aromatic rings. The first-order chi connectivity index (χ1) is 12.4. The maximum atomic E-state index is 5.93. The molecular weight excluding hydrogens is 441 g/mol. The minimum Gasteiger partial charge on any atom is -0.381 e. The molecule has 0 saturated carbocycles. The molecule has 2 heterocycles. The van der Waals surface area contributed by atoms with Crippen LogP contribution in [0.3, 0.4) is 0 Å². The molecule has 1 fully saturated rings. The Labute approximate surface area is 174 Å². The molecule has 1 aromatic carbocycles. The minimum atomic E-state index is 0. The van der Waals surface area contributed by atoms with Gasteiger partial charge in [-0.05, 0) is 43.7 Å². The molecule has 146 valence electrons. The summed E-state index contributed by atoms with van der Waals surface area (Å²) in [7, 11) is 0. The standard InChI is InChI=1S/C20H31N3O2.HI/c1-2-21-20(22-11-5-13-25-19-9-14-24-15-10-19)23-12-8-17-6-3-4-7-18(17)16-23;/h3-4,6-7,19H,2,5,8-16H2,1H3,(H,21,22);1H. The molecule has 2 aliphatic heterocycles. The fourth-order valence-corrected chi connectivity index (χ4v) is 3.44. The Morgan fingerprint density at radius 3 is 2.81 bits per heavy atom. The zero-order valence-electron chi connectivity index (χ0n) is 15.8. The fraction of sp³-hybridized carbons (Fsp3) is 0.650. The van der Waals surface area contributed by atoms with E-state index in [2.05, 4.69) is 41.4 Å². The van der Waals surface area contributed by atoms with Gasteiger partial charge in [0.25, 0.3) is 0 Å². The molecule has 3 rings (SSSR count). The van der Waals surface area contributed by atoms with E-state index in [0.717, 1.165) is 77.6 Å². The van der Waals surface area contributed by atoms with E-state index < -0.39 is 0 Å². The number of ether oxygens (including phenoxy) is 2. The molecule has 0 atom stereocenters. The zero-order valence-corrected chi connectivity index (χ0v) is 18.1. The highest BCUT2D eigenvalue weighted by molar-refractivity contribution is 14.0. The highest BCUT2D eigenvalue weighted by Gasteiger charge is 2.18. The highest BCUT2D eigenvalue weighted by atomic mass is 127. The van der Waals surface area contributed by atoms with Gasteiger partial charge in [-0.25, -0.2) is 0 Å². The number of aliphatic imine (C=N–C) groups is 1. The van der Waals surface area contributed by atoms with Gasteiger partial charge in [0.1, 0.15) is 0 Å². The van der Waals surface area contributed by atoms with Gasteiger partial charge in [0.05, 0.1) is 6.10 Å². The SMILES string of the molecule is CCNC(=NCCCOC1CCOCC1)N1CCc2ccccc2C1.I. The van der Waals surface area contributed by atoms with E-state index >= 15 is 0 Å². The molecule has 0 spiro atoms. The molecule has 0 aliphatic carbocycles. The molecule has 5 nitrogen and oxygen atoms in total. The molecule has 0 radical (unpaired) electrons. The van der Waals surface area contributed by atoms with Crippen LogP contribution in [0.25, 0.3) is 0 Å². The van der Waals surface area contributed by atoms with Crippen LogP contribution in [-0.2, 0) is 22.4 Å². The predicted octanol–water partition coefficient (Wildman–Crippen LogP) is 3.21. The van der Waals surface area contributed by atoms with Crippen LogP contribution in [-0.4, -0.2) is 56.4 Å². The topological polar surface area (TPSA) is 46.1 Å². The Morgan fingerprint density at radius 1 is 1.27 bits per heavy atom.